The highest BCUT2D eigenvalue weighted by Gasteiger charge is 2.31. The highest BCUT2D eigenvalue weighted by molar-refractivity contribution is 7.89. The zero-order valence-corrected chi connectivity index (χ0v) is 19.6. The summed E-state index contributed by atoms with van der Waals surface area (Å²) in [6.07, 6.45) is 1.63. The van der Waals surface area contributed by atoms with Gasteiger partial charge >= 0.3 is 5.56 Å². The molecule has 0 N–H and O–H groups in total. The van der Waals surface area contributed by atoms with Crippen LogP contribution in [-0.2, 0) is 16.6 Å². The van der Waals surface area contributed by atoms with Crippen LogP contribution >= 0.6 is 0 Å². The fraction of sp³-hybridized carbons (Fsp3) is 0.333. The van der Waals surface area contributed by atoms with E-state index in [0.717, 1.165) is 5.56 Å². The van der Waals surface area contributed by atoms with Crippen LogP contribution in [0.1, 0.15) is 19.4 Å². The number of para-hydroxylation sites is 1. The molecule has 0 amide bonds. The van der Waals surface area contributed by atoms with Gasteiger partial charge in [0, 0.05) is 26.2 Å². The summed E-state index contributed by atoms with van der Waals surface area (Å²) in [4.78, 5) is 15.4. The topological polar surface area (TPSA) is 84.7 Å². The lowest BCUT2D eigenvalue weighted by Gasteiger charge is -2.36. The molecule has 2 heterocycles. The van der Waals surface area contributed by atoms with Gasteiger partial charge in [-0.05, 0) is 31.5 Å². The maximum absolute atomic E-state index is 13.4. The second-order valence-electron chi connectivity index (χ2n) is 8.17. The third kappa shape index (κ3) is 4.94. The Morgan fingerprint density at radius 1 is 0.939 bits per heavy atom. The third-order valence-electron chi connectivity index (χ3n) is 5.68. The Kier molecular flexibility index (Phi) is 6.80. The molecule has 0 spiro atoms. The average Bonchev–Trinajstić information content (AvgIpc) is 2.84. The molecular weight excluding hydrogens is 440 g/mol. The number of aromatic nitrogens is 2. The van der Waals surface area contributed by atoms with E-state index in [1.165, 1.54) is 8.99 Å². The Morgan fingerprint density at radius 2 is 1.55 bits per heavy atom. The van der Waals surface area contributed by atoms with Gasteiger partial charge in [0.05, 0.1) is 17.1 Å². The lowest BCUT2D eigenvalue weighted by molar-refractivity contribution is 0.297. The summed E-state index contributed by atoms with van der Waals surface area (Å²) in [7, 11) is -3.32. The molecule has 0 aliphatic carbocycles. The van der Waals surface area contributed by atoms with E-state index in [0.29, 0.717) is 37.6 Å². The van der Waals surface area contributed by atoms with E-state index in [1.807, 2.05) is 65.6 Å². The summed E-state index contributed by atoms with van der Waals surface area (Å²) in [5.41, 5.74) is 1.81. The van der Waals surface area contributed by atoms with E-state index in [-0.39, 0.29) is 17.9 Å². The first-order chi connectivity index (χ1) is 15.9. The van der Waals surface area contributed by atoms with E-state index in [1.54, 1.807) is 20.0 Å². The van der Waals surface area contributed by atoms with Crippen molar-refractivity contribution in [3.63, 3.8) is 0 Å². The minimum atomic E-state index is -3.32. The minimum absolute atomic E-state index is 0.206. The van der Waals surface area contributed by atoms with E-state index < -0.39 is 15.3 Å². The van der Waals surface area contributed by atoms with Gasteiger partial charge in [-0.2, -0.15) is 14.1 Å². The molecule has 174 valence electrons. The number of rotatable bonds is 7. The normalized spacial score (nSPS) is 15.1. The van der Waals surface area contributed by atoms with E-state index in [4.69, 9.17) is 4.74 Å². The average molecular weight is 469 g/mol. The smallest absolute Gasteiger partial charge is 0.316 e. The zero-order valence-electron chi connectivity index (χ0n) is 18.8. The van der Waals surface area contributed by atoms with Crippen LogP contribution in [0.3, 0.4) is 0 Å². The quantitative estimate of drug-likeness (QED) is 0.530. The molecule has 9 heteroatoms. The summed E-state index contributed by atoms with van der Waals surface area (Å²) in [6, 6.07) is 18.8. The number of nitrogens with zero attached hydrogens (tertiary/aromatic N) is 4. The second kappa shape index (κ2) is 9.76. The van der Waals surface area contributed by atoms with Gasteiger partial charge in [0.25, 0.3) is 0 Å². The van der Waals surface area contributed by atoms with E-state index in [9.17, 15) is 13.2 Å². The van der Waals surface area contributed by atoms with Crippen LogP contribution in [0.25, 0.3) is 5.69 Å². The van der Waals surface area contributed by atoms with Crippen LogP contribution in [0, 0.1) is 0 Å². The lowest BCUT2D eigenvalue weighted by atomic mass is 10.2. The molecule has 4 rings (SSSR count). The standard InChI is InChI=1S/C24H28N4O4S/c1-19(2)33(30,31)27-15-13-26(14-16-27)22-17-25-28(21-11-7-4-8-12-21)24(29)23(22)32-18-20-9-5-3-6-10-20/h3-12,17,19H,13-16,18H2,1-2H3. The summed E-state index contributed by atoms with van der Waals surface area (Å²) in [5, 5.41) is 3.92. The van der Waals surface area contributed by atoms with Crippen LogP contribution in [0.5, 0.6) is 5.75 Å². The molecule has 2 aromatic carbocycles. The Balaban J connectivity index is 1.64. The predicted octanol–water partition coefficient (Wildman–Crippen LogP) is 2.67. The molecule has 3 aromatic rings. The molecule has 8 nitrogen and oxygen atoms in total. The first kappa shape index (κ1) is 23.0. The predicted molar refractivity (Wildman–Crippen MR) is 128 cm³/mol. The fourth-order valence-electron chi connectivity index (χ4n) is 3.75. The fourth-order valence-corrected chi connectivity index (χ4v) is 5.02. The number of piperazine rings is 1. The minimum Gasteiger partial charge on any atom is -0.481 e. The lowest BCUT2D eigenvalue weighted by Crippen LogP contribution is -2.50. The highest BCUT2D eigenvalue weighted by atomic mass is 32.2. The second-order valence-corrected chi connectivity index (χ2v) is 10.7. The summed E-state index contributed by atoms with van der Waals surface area (Å²) in [6.45, 7) is 5.20. The van der Waals surface area contributed by atoms with Gasteiger partial charge in [-0.15, -0.1) is 0 Å². The molecular formula is C24H28N4O4S. The number of sulfonamides is 1. The van der Waals surface area contributed by atoms with Gasteiger partial charge in [0.2, 0.25) is 15.8 Å². The van der Waals surface area contributed by atoms with Crippen LogP contribution in [0.4, 0.5) is 5.69 Å². The van der Waals surface area contributed by atoms with Crippen LogP contribution in [0.2, 0.25) is 0 Å². The van der Waals surface area contributed by atoms with Crippen molar-refractivity contribution in [2.45, 2.75) is 25.7 Å². The Labute approximate surface area is 194 Å². The van der Waals surface area contributed by atoms with Crippen molar-refractivity contribution in [3.05, 3.63) is 82.8 Å². The van der Waals surface area contributed by atoms with Crippen molar-refractivity contribution in [1.29, 1.82) is 0 Å². The number of ether oxygens (including phenoxy) is 1. The van der Waals surface area contributed by atoms with Crippen LogP contribution in [0.15, 0.2) is 71.7 Å². The molecule has 0 bridgehead atoms. The van der Waals surface area contributed by atoms with E-state index >= 15 is 0 Å². The first-order valence-corrected chi connectivity index (χ1v) is 12.5. The highest BCUT2D eigenvalue weighted by Crippen LogP contribution is 2.27. The van der Waals surface area contributed by atoms with Crippen molar-refractivity contribution in [3.8, 4) is 11.4 Å². The Hall–Kier alpha value is -3.17. The van der Waals surface area contributed by atoms with Crippen molar-refractivity contribution in [1.82, 2.24) is 14.1 Å². The molecule has 1 aliphatic rings. The summed E-state index contributed by atoms with van der Waals surface area (Å²) < 4.78 is 33.9. The molecule has 1 aromatic heterocycles. The first-order valence-electron chi connectivity index (χ1n) is 11.0. The van der Waals surface area contributed by atoms with Gasteiger partial charge in [0.1, 0.15) is 12.3 Å². The van der Waals surface area contributed by atoms with Gasteiger partial charge < -0.3 is 9.64 Å². The number of anilines is 1. The number of benzene rings is 2. The molecule has 0 atom stereocenters. The number of hydrogen-bond acceptors (Lipinski definition) is 6. The Bertz CT molecular complexity index is 1240. The maximum Gasteiger partial charge on any atom is 0.316 e. The SMILES string of the molecule is CC(C)S(=O)(=O)N1CCN(c2cnn(-c3ccccc3)c(=O)c2OCc2ccccc2)CC1. The van der Waals surface area contributed by atoms with Gasteiger partial charge in [-0.3, -0.25) is 4.79 Å². The van der Waals surface area contributed by atoms with Crippen LogP contribution < -0.4 is 15.2 Å². The van der Waals surface area contributed by atoms with Crippen molar-refractivity contribution in [2.75, 3.05) is 31.1 Å². The summed E-state index contributed by atoms with van der Waals surface area (Å²) in [5.74, 6) is 0.206. The van der Waals surface area contributed by atoms with E-state index in [2.05, 4.69) is 5.10 Å². The molecule has 1 saturated heterocycles. The molecule has 0 saturated carbocycles. The third-order valence-corrected chi connectivity index (χ3v) is 7.95. The largest absolute Gasteiger partial charge is 0.481 e. The molecule has 0 unspecified atom stereocenters. The van der Waals surface area contributed by atoms with Crippen LogP contribution in [-0.4, -0.2) is 53.9 Å². The molecule has 1 fully saturated rings. The van der Waals surface area contributed by atoms with Crippen molar-refractivity contribution < 1.29 is 13.2 Å². The van der Waals surface area contributed by atoms with Crippen molar-refractivity contribution >= 4 is 15.7 Å². The zero-order chi connectivity index (χ0) is 23.4. The summed E-state index contributed by atoms with van der Waals surface area (Å²) >= 11 is 0. The molecule has 33 heavy (non-hydrogen) atoms. The van der Waals surface area contributed by atoms with Crippen molar-refractivity contribution in [2.24, 2.45) is 0 Å². The Morgan fingerprint density at radius 3 is 2.15 bits per heavy atom. The monoisotopic (exact) mass is 468 g/mol. The number of hydrogen-bond donors (Lipinski definition) is 0. The molecule has 1 aliphatic heterocycles. The van der Waals surface area contributed by atoms with Gasteiger partial charge in [-0.25, -0.2) is 8.42 Å². The molecule has 0 radical (unpaired) electrons. The van der Waals surface area contributed by atoms with Gasteiger partial charge in [-0.1, -0.05) is 48.5 Å². The van der Waals surface area contributed by atoms with Gasteiger partial charge in [0.15, 0.2) is 0 Å². The maximum atomic E-state index is 13.4.